The van der Waals surface area contributed by atoms with Crippen molar-refractivity contribution in [2.45, 2.75) is 168 Å². The summed E-state index contributed by atoms with van der Waals surface area (Å²) in [6, 6.07) is -1.08. The number of cyclic esters (lactones) is 1. The summed E-state index contributed by atoms with van der Waals surface area (Å²) < 4.78 is 18.1. The van der Waals surface area contributed by atoms with Crippen LogP contribution in [0.5, 0.6) is 0 Å². The average Bonchev–Trinajstić information content (AvgIpc) is 3.13. The van der Waals surface area contributed by atoms with Crippen LogP contribution in [0.25, 0.3) is 0 Å². The molecule has 0 aromatic rings. The van der Waals surface area contributed by atoms with Gasteiger partial charge >= 0.3 is 5.97 Å². The molecule has 3 aliphatic heterocycles. The third kappa shape index (κ3) is 10.3. The van der Waals surface area contributed by atoms with E-state index in [0.717, 1.165) is 12.8 Å². The summed E-state index contributed by atoms with van der Waals surface area (Å²) in [4.78, 5) is 57.4. The molecule has 14 atom stereocenters. The molecule has 54 heavy (non-hydrogen) atoms. The van der Waals surface area contributed by atoms with Gasteiger partial charge in [-0.2, -0.15) is 0 Å². The molecular formula is C43H69NO10. The van der Waals surface area contributed by atoms with Gasteiger partial charge in [0, 0.05) is 31.9 Å². The molecule has 306 valence electrons. The van der Waals surface area contributed by atoms with Crippen LogP contribution in [-0.2, 0) is 33.4 Å². The van der Waals surface area contributed by atoms with Crippen LogP contribution in [0.2, 0.25) is 0 Å². The Labute approximate surface area is 323 Å². The zero-order valence-electron chi connectivity index (χ0n) is 34.3. The van der Waals surface area contributed by atoms with E-state index < -0.39 is 65.7 Å². The van der Waals surface area contributed by atoms with Gasteiger partial charge in [0.2, 0.25) is 5.79 Å². The minimum absolute atomic E-state index is 0.0181. The first-order valence-corrected chi connectivity index (χ1v) is 20.7. The first-order chi connectivity index (χ1) is 25.4. The maximum Gasteiger partial charge on any atom is 0.329 e. The van der Waals surface area contributed by atoms with Crippen molar-refractivity contribution in [3.05, 3.63) is 23.3 Å². The van der Waals surface area contributed by atoms with Crippen LogP contribution in [0.4, 0.5) is 0 Å². The van der Waals surface area contributed by atoms with E-state index in [-0.39, 0.29) is 60.9 Å². The summed E-state index contributed by atoms with van der Waals surface area (Å²) in [5.41, 5.74) is 1.34. The molecule has 8 unspecified atom stereocenters. The van der Waals surface area contributed by atoms with Gasteiger partial charge in [-0.05, 0) is 112 Å². The Bertz CT molecular complexity index is 1390. The summed E-state index contributed by atoms with van der Waals surface area (Å²) in [5.74, 6) is -6.22. The number of ketones is 2. The first kappa shape index (κ1) is 44.3. The van der Waals surface area contributed by atoms with Crippen LogP contribution in [-0.4, -0.2) is 99.7 Å². The van der Waals surface area contributed by atoms with Gasteiger partial charge in [-0.25, -0.2) is 4.79 Å². The second-order valence-corrected chi connectivity index (χ2v) is 17.5. The van der Waals surface area contributed by atoms with Crippen molar-refractivity contribution in [2.24, 2.45) is 41.4 Å². The largest absolute Gasteiger partial charge is 0.456 e. The van der Waals surface area contributed by atoms with E-state index in [0.29, 0.717) is 56.1 Å². The Morgan fingerprint density at radius 3 is 2.30 bits per heavy atom. The molecule has 1 saturated carbocycles. The third-order valence-corrected chi connectivity index (χ3v) is 12.9. The monoisotopic (exact) mass is 759 g/mol. The molecule has 0 spiro atoms. The minimum Gasteiger partial charge on any atom is -0.456 e. The number of hydrogen-bond donors (Lipinski definition) is 3. The van der Waals surface area contributed by atoms with E-state index >= 15 is 0 Å². The molecule has 3 heterocycles. The second kappa shape index (κ2) is 19.1. The molecule has 11 nitrogen and oxygen atoms in total. The summed E-state index contributed by atoms with van der Waals surface area (Å²) >= 11 is 0. The molecular weight excluding hydrogens is 690 g/mol. The number of carbonyl (C=O) groups excluding carboxylic acids is 4. The highest BCUT2D eigenvalue weighted by atomic mass is 16.6. The lowest BCUT2D eigenvalue weighted by molar-refractivity contribution is -0.282. The average molecular weight is 760 g/mol. The number of rotatable bonds is 4. The Kier molecular flexibility index (Phi) is 15.7. The molecule has 4 aliphatic rings. The van der Waals surface area contributed by atoms with Gasteiger partial charge in [0.05, 0.1) is 24.4 Å². The quantitative estimate of drug-likeness (QED) is 0.184. The number of piperidine rings is 1. The number of amides is 1. The maximum atomic E-state index is 14.2. The Morgan fingerprint density at radius 2 is 1.63 bits per heavy atom. The predicted molar refractivity (Wildman–Crippen MR) is 205 cm³/mol. The smallest absolute Gasteiger partial charge is 0.329 e. The van der Waals surface area contributed by atoms with Gasteiger partial charge in [0.1, 0.15) is 12.1 Å². The molecule has 11 heteroatoms. The van der Waals surface area contributed by atoms with Crippen molar-refractivity contribution < 1.29 is 48.7 Å². The van der Waals surface area contributed by atoms with E-state index in [1.54, 1.807) is 21.0 Å². The highest BCUT2D eigenvalue weighted by Gasteiger charge is 2.55. The Balaban J connectivity index is 1.74. The van der Waals surface area contributed by atoms with Gasteiger partial charge in [0.25, 0.3) is 11.7 Å². The Hall–Kier alpha value is -2.44. The van der Waals surface area contributed by atoms with Crippen molar-refractivity contribution in [3.8, 4) is 0 Å². The number of fused-ring (bicyclic) bond motifs is 3. The lowest BCUT2D eigenvalue weighted by Gasteiger charge is -2.46. The lowest BCUT2D eigenvalue weighted by Crippen LogP contribution is -2.62. The molecule has 3 N–H and O–H groups in total. The normalized spacial score (nSPS) is 41.7. The van der Waals surface area contributed by atoms with E-state index in [1.807, 2.05) is 32.9 Å². The van der Waals surface area contributed by atoms with Crippen LogP contribution < -0.4 is 0 Å². The summed E-state index contributed by atoms with van der Waals surface area (Å²) in [6.07, 6.45) is 6.28. The fraction of sp³-hybridized carbons (Fsp3) is 0.814. The van der Waals surface area contributed by atoms with Crippen molar-refractivity contribution in [1.29, 1.82) is 0 Å². The molecule has 0 radical (unpaired) electrons. The summed E-state index contributed by atoms with van der Waals surface area (Å²) in [6.45, 7) is 15.7. The maximum absolute atomic E-state index is 14.2. The zero-order chi connectivity index (χ0) is 40.1. The molecule has 4 rings (SSSR count). The number of nitrogens with zero attached hydrogens (tertiary/aromatic N) is 1. The van der Waals surface area contributed by atoms with Crippen LogP contribution >= 0.6 is 0 Å². The van der Waals surface area contributed by atoms with Gasteiger partial charge in [0.15, 0.2) is 5.78 Å². The summed E-state index contributed by atoms with van der Waals surface area (Å²) in [7, 11) is 1.57. The van der Waals surface area contributed by atoms with Gasteiger partial charge in [-0.1, -0.05) is 60.6 Å². The van der Waals surface area contributed by atoms with Crippen molar-refractivity contribution in [1.82, 2.24) is 4.90 Å². The number of allylic oxidation sites excluding steroid dienone is 3. The summed E-state index contributed by atoms with van der Waals surface area (Å²) in [5, 5.41) is 34.0. The van der Waals surface area contributed by atoms with Crippen molar-refractivity contribution in [3.63, 3.8) is 0 Å². The molecule has 1 aliphatic carbocycles. The number of hydrogen-bond acceptors (Lipinski definition) is 10. The first-order valence-electron chi connectivity index (χ1n) is 20.7. The number of Topliss-reactive ketones (excluding diaryl/α,β-unsaturated/α-hetero) is 2. The highest BCUT2D eigenvalue weighted by molar-refractivity contribution is 6.39. The second-order valence-electron chi connectivity index (χ2n) is 17.5. The van der Waals surface area contributed by atoms with Crippen molar-refractivity contribution in [2.75, 3.05) is 13.7 Å². The van der Waals surface area contributed by atoms with E-state index in [9.17, 15) is 34.5 Å². The number of aliphatic hydroxyl groups excluding tert-OH is 2. The van der Waals surface area contributed by atoms with E-state index in [1.165, 1.54) is 4.90 Å². The highest BCUT2D eigenvalue weighted by Crippen LogP contribution is 2.41. The van der Waals surface area contributed by atoms with E-state index in [2.05, 4.69) is 20.8 Å². The lowest BCUT2D eigenvalue weighted by atomic mass is 9.76. The molecule has 0 aromatic carbocycles. The number of ether oxygens (including phenoxy) is 3. The molecule has 2 saturated heterocycles. The van der Waals surface area contributed by atoms with Crippen LogP contribution in [0.1, 0.15) is 126 Å². The van der Waals surface area contributed by atoms with Crippen LogP contribution in [0, 0.1) is 41.4 Å². The Morgan fingerprint density at radius 1 is 0.944 bits per heavy atom. The zero-order valence-corrected chi connectivity index (χ0v) is 34.3. The van der Waals surface area contributed by atoms with Crippen LogP contribution in [0.15, 0.2) is 23.3 Å². The van der Waals surface area contributed by atoms with E-state index in [4.69, 9.17) is 14.2 Å². The number of carbonyl (C=O) groups is 4. The molecule has 1 amide bonds. The van der Waals surface area contributed by atoms with Gasteiger partial charge in [-0.15, -0.1) is 0 Å². The minimum atomic E-state index is -2.34. The number of methoxy groups -OCH3 is 1. The third-order valence-electron chi connectivity index (χ3n) is 12.9. The fourth-order valence-corrected chi connectivity index (χ4v) is 9.81. The fourth-order valence-electron chi connectivity index (χ4n) is 9.81. The molecule has 2 bridgehead atoms. The van der Waals surface area contributed by atoms with Crippen molar-refractivity contribution >= 4 is 23.4 Å². The topological polar surface area (TPSA) is 160 Å². The standard InChI is InChI=1S/C43H69NO10/c1-10-32-19-25(3)17-24(2)18-26(4)38-27(5)20-29(7)43(51,54-38)40(48)41(49)44-16-12-11-13-33(44)42(50)53-39(30(8)35(46)23-36(32)47)28(6)21-31-14-15-34(45)37(22-31)52-9/h19,21,24-27,29-31,33-35,37-39,45-46,51H,10-18,20,22-23H2,1-9H3/t24-,25?,26-,27-,29+,30+,31-,33?,34?,35?,37?,38?,39?,43?/m0/s1. The SMILES string of the molecule is CCC1=CC(C)C[C@H](C)C[C@H](C)C2OC(O)(C(=O)C(=O)N3CCCCC3C(=O)OC(C(C)=C[C@@H]3CCC(O)C(OC)C3)[C@H](C)C(O)CC1=O)[C@H](C)C[C@@H]2C. The van der Waals surface area contributed by atoms with Crippen LogP contribution in [0.3, 0.4) is 0 Å². The molecule has 3 fully saturated rings. The number of aliphatic hydroxyl groups is 3. The molecule has 0 aromatic heterocycles. The number of esters is 1. The van der Waals surface area contributed by atoms with Gasteiger partial charge in [-0.3, -0.25) is 14.4 Å². The predicted octanol–water partition coefficient (Wildman–Crippen LogP) is 5.72. The van der Waals surface area contributed by atoms with Gasteiger partial charge < -0.3 is 34.4 Å².